The van der Waals surface area contributed by atoms with Crippen LogP contribution < -0.4 is 0 Å². The lowest BCUT2D eigenvalue weighted by molar-refractivity contribution is 0.0505. The molecule has 0 amide bonds. The maximum Gasteiger partial charge on any atom is 0.338 e. The van der Waals surface area contributed by atoms with Crippen molar-refractivity contribution in [1.29, 1.82) is 0 Å². The molecule has 0 fully saturated rings. The van der Waals surface area contributed by atoms with Crippen molar-refractivity contribution >= 4 is 27.4 Å². The van der Waals surface area contributed by atoms with Gasteiger partial charge in [-0.3, -0.25) is 0 Å². The molecule has 16 heavy (non-hydrogen) atoms. The lowest BCUT2D eigenvalue weighted by Gasteiger charge is -2.04. The summed E-state index contributed by atoms with van der Waals surface area (Å²) in [7, 11) is 0. The van der Waals surface area contributed by atoms with Crippen LogP contribution in [0.2, 0.25) is 0 Å². The Hall–Kier alpha value is -1.55. The minimum absolute atomic E-state index is 0.127. The Morgan fingerprint density at radius 1 is 1.50 bits per heavy atom. The SMILES string of the molecule is CCCOC(=O)c1cc(O)c2ccsc2c1. The minimum atomic E-state index is -0.382. The van der Waals surface area contributed by atoms with Gasteiger partial charge in [0.05, 0.1) is 12.2 Å². The van der Waals surface area contributed by atoms with Crippen LogP contribution in [0.5, 0.6) is 5.75 Å². The predicted octanol–water partition coefficient (Wildman–Crippen LogP) is 3.17. The van der Waals surface area contributed by atoms with E-state index in [4.69, 9.17) is 4.74 Å². The molecule has 0 radical (unpaired) electrons. The molecule has 0 atom stereocenters. The molecule has 2 rings (SSSR count). The number of aromatic hydroxyl groups is 1. The zero-order chi connectivity index (χ0) is 11.5. The third-order valence-corrected chi connectivity index (χ3v) is 3.09. The molecule has 0 saturated heterocycles. The average Bonchev–Trinajstić information content (AvgIpc) is 2.74. The van der Waals surface area contributed by atoms with Crippen LogP contribution in [0.15, 0.2) is 23.6 Å². The fraction of sp³-hybridized carbons (Fsp3) is 0.250. The minimum Gasteiger partial charge on any atom is -0.507 e. The number of carbonyl (C=O) groups is 1. The molecule has 1 aromatic heterocycles. The fourth-order valence-corrected chi connectivity index (χ4v) is 2.29. The first-order chi connectivity index (χ1) is 7.72. The molecule has 3 nitrogen and oxygen atoms in total. The topological polar surface area (TPSA) is 46.5 Å². The Morgan fingerprint density at radius 3 is 3.06 bits per heavy atom. The lowest BCUT2D eigenvalue weighted by atomic mass is 10.1. The summed E-state index contributed by atoms with van der Waals surface area (Å²) in [6.45, 7) is 2.34. The highest BCUT2D eigenvalue weighted by Gasteiger charge is 2.11. The monoisotopic (exact) mass is 236 g/mol. The molecule has 1 N–H and O–H groups in total. The van der Waals surface area contributed by atoms with Gasteiger partial charge in [0, 0.05) is 10.1 Å². The van der Waals surface area contributed by atoms with E-state index in [0.29, 0.717) is 12.2 Å². The molecular weight excluding hydrogens is 224 g/mol. The van der Waals surface area contributed by atoms with E-state index < -0.39 is 0 Å². The van der Waals surface area contributed by atoms with Crippen molar-refractivity contribution in [2.75, 3.05) is 6.61 Å². The standard InChI is InChI=1S/C12H12O3S/c1-2-4-15-12(14)8-6-10(13)9-3-5-16-11(9)7-8/h3,5-7,13H,2,4H2,1H3. The largest absolute Gasteiger partial charge is 0.507 e. The summed E-state index contributed by atoms with van der Waals surface area (Å²) in [6, 6.07) is 5.03. The van der Waals surface area contributed by atoms with Crippen molar-refractivity contribution in [1.82, 2.24) is 0 Å². The van der Waals surface area contributed by atoms with Crippen molar-refractivity contribution in [3.8, 4) is 5.75 Å². The number of phenols is 1. The second-order valence-corrected chi connectivity index (χ2v) is 4.41. The summed E-state index contributed by atoms with van der Waals surface area (Å²) in [5, 5.41) is 12.4. The first-order valence-electron chi connectivity index (χ1n) is 5.09. The number of rotatable bonds is 3. The number of fused-ring (bicyclic) bond motifs is 1. The molecule has 2 aromatic rings. The first kappa shape index (κ1) is 11.0. The van der Waals surface area contributed by atoms with E-state index in [9.17, 15) is 9.90 Å². The summed E-state index contributed by atoms with van der Waals surface area (Å²) in [5.41, 5.74) is 0.404. The van der Waals surface area contributed by atoms with Gasteiger partial charge in [-0.05, 0) is 30.0 Å². The molecular formula is C12H12O3S. The Bertz CT molecular complexity index is 516. The number of esters is 1. The maximum absolute atomic E-state index is 11.6. The van der Waals surface area contributed by atoms with Crippen molar-refractivity contribution in [3.63, 3.8) is 0 Å². The summed E-state index contributed by atoms with van der Waals surface area (Å²) in [5.74, 6) is -0.255. The molecule has 0 unspecified atom stereocenters. The molecule has 0 bridgehead atoms. The molecule has 1 heterocycles. The van der Waals surface area contributed by atoms with Gasteiger partial charge < -0.3 is 9.84 Å². The Morgan fingerprint density at radius 2 is 2.31 bits per heavy atom. The van der Waals surface area contributed by atoms with Crippen LogP contribution in [0.1, 0.15) is 23.7 Å². The Balaban J connectivity index is 2.34. The fourth-order valence-electron chi connectivity index (χ4n) is 1.45. The molecule has 84 valence electrons. The Kier molecular flexibility index (Phi) is 3.10. The highest BCUT2D eigenvalue weighted by atomic mass is 32.1. The van der Waals surface area contributed by atoms with E-state index in [0.717, 1.165) is 16.5 Å². The normalized spacial score (nSPS) is 10.6. The van der Waals surface area contributed by atoms with Crippen molar-refractivity contribution in [2.45, 2.75) is 13.3 Å². The van der Waals surface area contributed by atoms with Gasteiger partial charge in [-0.25, -0.2) is 4.79 Å². The van der Waals surface area contributed by atoms with Crippen LogP contribution >= 0.6 is 11.3 Å². The molecule has 0 aliphatic heterocycles. The van der Waals surface area contributed by atoms with Gasteiger partial charge >= 0.3 is 5.97 Å². The molecule has 0 aliphatic rings. The van der Waals surface area contributed by atoms with Gasteiger partial charge in [0.25, 0.3) is 0 Å². The number of phenolic OH excluding ortho intramolecular Hbond substituents is 1. The number of hydrogen-bond acceptors (Lipinski definition) is 4. The molecule has 0 saturated carbocycles. The van der Waals surface area contributed by atoms with Crippen LogP contribution in [0.25, 0.3) is 10.1 Å². The van der Waals surface area contributed by atoms with Gasteiger partial charge in [0.1, 0.15) is 5.75 Å². The summed E-state index contributed by atoms with van der Waals surface area (Å²) >= 11 is 1.49. The zero-order valence-corrected chi connectivity index (χ0v) is 9.71. The number of hydrogen-bond donors (Lipinski definition) is 1. The predicted molar refractivity (Wildman–Crippen MR) is 64.1 cm³/mol. The van der Waals surface area contributed by atoms with Gasteiger partial charge in [0.15, 0.2) is 0 Å². The Labute approximate surface area is 97.3 Å². The quantitative estimate of drug-likeness (QED) is 0.832. The summed E-state index contributed by atoms with van der Waals surface area (Å²) in [4.78, 5) is 11.6. The van der Waals surface area contributed by atoms with Crippen LogP contribution in [0.4, 0.5) is 0 Å². The molecule has 0 spiro atoms. The van der Waals surface area contributed by atoms with Gasteiger partial charge in [-0.1, -0.05) is 6.92 Å². The molecule has 0 aliphatic carbocycles. The van der Waals surface area contributed by atoms with Crippen LogP contribution in [-0.4, -0.2) is 17.7 Å². The smallest absolute Gasteiger partial charge is 0.338 e. The highest BCUT2D eigenvalue weighted by Crippen LogP contribution is 2.30. The third kappa shape index (κ3) is 2.02. The van der Waals surface area contributed by atoms with E-state index in [1.54, 1.807) is 6.07 Å². The maximum atomic E-state index is 11.6. The van der Waals surface area contributed by atoms with E-state index in [2.05, 4.69) is 0 Å². The zero-order valence-electron chi connectivity index (χ0n) is 8.90. The summed E-state index contributed by atoms with van der Waals surface area (Å²) < 4.78 is 5.90. The second kappa shape index (κ2) is 4.53. The molecule has 1 aromatic carbocycles. The van der Waals surface area contributed by atoms with Crippen LogP contribution in [-0.2, 0) is 4.74 Å². The van der Waals surface area contributed by atoms with E-state index in [-0.39, 0.29) is 11.7 Å². The van der Waals surface area contributed by atoms with Gasteiger partial charge in [0.2, 0.25) is 0 Å². The number of ether oxygens (including phenoxy) is 1. The van der Waals surface area contributed by atoms with Crippen molar-refractivity contribution in [3.05, 3.63) is 29.1 Å². The van der Waals surface area contributed by atoms with Crippen LogP contribution in [0.3, 0.4) is 0 Å². The van der Waals surface area contributed by atoms with Crippen LogP contribution in [0, 0.1) is 0 Å². The van der Waals surface area contributed by atoms with Gasteiger partial charge in [-0.2, -0.15) is 0 Å². The lowest BCUT2D eigenvalue weighted by Crippen LogP contribution is -2.05. The van der Waals surface area contributed by atoms with Gasteiger partial charge in [-0.15, -0.1) is 11.3 Å². The van der Waals surface area contributed by atoms with E-state index >= 15 is 0 Å². The highest BCUT2D eigenvalue weighted by molar-refractivity contribution is 7.17. The number of carbonyl (C=O) groups excluding carboxylic acids is 1. The first-order valence-corrected chi connectivity index (χ1v) is 5.97. The van der Waals surface area contributed by atoms with Crippen molar-refractivity contribution < 1.29 is 14.6 Å². The number of thiophene rings is 1. The van der Waals surface area contributed by atoms with E-state index in [1.807, 2.05) is 18.4 Å². The molecule has 4 heteroatoms. The summed E-state index contributed by atoms with van der Waals surface area (Å²) in [6.07, 6.45) is 0.791. The van der Waals surface area contributed by atoms with Crippen molar-refractivity contribution in [2.24, 2.45) is 0 Å². The number of benzene rings is 1. The average molecular weight is 236 g/mol. The third-order valence-electron chi connectivity index (χ3n) is 2.22. The second-order valence-electron chi connectivity index (χ2n) is 3.46. The van der Waals surface area contributed by atoms with E-state index in [1.165, 1.54) is 17.4 Å².